The van der Waals surface area contributed by atoms with Crippen LogP contribution in [0.1, 0.15) is 18.2 Å². The molecular weight excluding hydrogens is 581 g/mol. The van der Waals surface area contributed by atoms with Crippen LogP contribution in [0.15, 0.2) is 115 Å². The molecule has 5 heteroatoms. The van der Waals surface area contributed by atoms with Crippen molar-refractivity contribution in [1.29, 1.82) is 0 Å². The monoisotopic (exact) mass is 606 g/mol. The Hall–Kier alpha value is -5.52. The Morgan fingerprint density at radius 1 is 0.696 bits per heavy atom. The normalized spacial score (nSPS) is 15.1. The van der Waals surface area contributed by atoms with E-state index in [1.807, 2.05) is 0 Å². The van der Waals surface area contributed by atoms with E-state index in [4.69, 9.17) is 9.97 Å². The van der Waals surface area contributed by atoms with E-state index in [2.05, 4.69) is 137 Å². The van der Waals surface area contributed by atoms with E-state index in [0.717, 1.165) is 33.8 Å². The summed E-state index contributed by atoms with van der Waals surface area (Å²) >= 11 is 1.80. The van der Waals surface area contributed by atoms with Crippen molar-refractivity contribution in [2.45, 2.75) is 13.3 Å². The van der Waals surface area contributed by atoms with Gasteiger partial charge in [0.2, 0.25) is 0 Å². The summed E-state index contributed by atoms with van der Waals surface area (Å²) in [5.74, 6) is 2.16. The second-order valence-electron chi connectivity index (χ2n) is 12.7. The number of rotatable bonds is 2. The zero-order valence-electron chi connectivity index (χ0n) is 25.0. The van der Waals surface area contributed by atoms with Gasteiger partial charge in [0.25, 0.3) is 0 Å². The molecule has 5 heterocycles. The zero-order valence-corrected chi connectivity index (χ0v) is 25.8. The minimum Gasteiger partial charge on any atom is -0.308 e. The highest BCUT2D eigenvalue weighted by Crippen LogP contribution is 2.48. The lowest BCUT2D eigenvalue weighted by molar-refractivity contribution is 0.689. The molecule has 0 spiro atoms. The third-order valence-corrected chi connectivity index (χ3v) is 11.1. The topological polar surface area (TPSA) is 35.1 Å². The Bertz CT molecular complexity index is 2900. The van der Waals surface area contributed by atoms with Crippen molar-refractivity contribution in [2.24, 2.45) is 5.92 Å². The summed E-state index contributed by atoms with van der Waals surface area (Å²) in [7, 11) is 0. The molecule has 5 aromatic carbocycles. The van der Waals surface area contributed by atoms with Crippen LogP contribution in [0, 0.1) is 5.92 Å². The molecule has 1 atom stereocenters. The van der Waals surface area contributed by atoms with Crippen molar-refractivity contribution in [3.63, 3.8) is 0 Å². The predicted octanol–water partition coefficient (Wildman–Crippen LogP) is 10.8. The van der Waals surface area contributed by atoms with Gasteiger partial charge in [-0.2, -0.15) is 0 Å². The van der Waals surface area contributed by atoms with E-state index in [1.165, 1.54) is 70.3 Å². The molecule has 46 heavy (non-hydrogen) atoms. The van der Waals surface area contributed by atoms with Crippen molar-refractivity contribution in [3.8, 4) is 17.2 Å². The van der Waals surface area contributed by atoms with Crippen molar-refractivity contribution < 1.29 is 0 Å². The van der Waals surface area contributed by atoms with Gasteiger partial charge in [-0.25, -0.2) is 9.97 Å². The fraction of sp³-hybridized carbons (Fsp3) is 0.0732. The van der Waals surface area contributed by atoms with Crippen LogP contribution >= 0.6 is 11.3 Å². The number of aromatic nitrogens is 4. The van der Waals surface area contributed by atoms with Gasteiger partial charge in [0.05, 0.1) is 32.3 Å². The van der Waals surface area contributed by atoms with E-state index in [0.29, 0.717) is 5.92 Å². The van der Waals surface area contributed by atoms with Crippen LogP contribution in [0.25, 0.3) is 92.6 Å². The molecule has 0 aliphatic heterocycles. The maximum atomic E-state index is 5.49. The zero-order chi connectivity index (χ0) is 30.1. The molecule has 216 valence electrons. The molecule has 0 radical (unpaired) electrons. The molecule has 5 aromatic heterocycles. The number of allylic oxidation sites excluding steroid dienone is 1. The molecule has 0 fully saturated rings. The Kier molecular flexibility index (Phi) is 4.74. The first-order valence-corrected chi connectivity index (χ1v) is 16.7. The summed E-state index contributed by atoms with van der Waals surface area (Å²) in [5, 5.41) is 7.64. The minimum absolute atomic E-state index is 0.425. The minimum atomic E-state index is 0.425. The van der Waals surface area contributed by atoms with Crippen LogP contribution in [0.2, 0.25) is 0 Å². The maximum Gasteiger partial charge on any atom is 0.162 e. The summed E-state index contributed by atoms with van der Waals surface area (Å²) in [6, 6.07) is 39.3. The molecule has 10 aromatic rings. The highest BCUT2D eigenvalue weighted by Gasteiger charge is 2.29. The van der Waals surface area contributed by atoms with Gasteiger partial charge in [0, 0.05) is 53.8 Å². The van der Waals surface area contributed by atoms with E-state index in [1.54, 1.807) is 11.3 Å². The van der Waals surface area contributed by atoms with E-state index in [-0.39, 0.29) is 0 Å². The first-order chi connectivity index (χ1) is 22.7. The second kappa shape index (κ2) is 8.81. The molecule has 0 saturated carbocycles. The van der Waals surface area contributed by atoms with E-state index >= 15 is 0 Å². The summed E-state index contributed by atoms with van der Waals surface area (Å²) in [5.41, 5.74) is 9.69. The van der Waals surface area contributed by atoms with Crippen LogP contribution in [0.3, 0.4) is 0 Å². The van der Waals surface area contributed by atoms with Gasteiger partial charge in [0.15, 0.2) is 11.6 Å². The van der Waals surface area contributed by atoms with Crippen LogP contribution in [0.5, 0.6) is 0 Å². The Morgan fingerprint density at radius 2 is 1.41 bits per heavy atom. The number of benzene rings is 5. The van der Waals surface area contributed by atoms with Crippen LogP contribution in [0.4, 0.5) is 0 Å². The van der Waals surface area contributed by atoms with Gasteiger partial charge >= 0.3 is 0 Å². The standard InChI is InChI=1S/C41H26N4S/c1-23-19-20-26-30-22-29-25-13-5-8-16-31(25)44-32-17-9-6-14-27(32)35(37(29)44)38(30)45(33(26)21-23)41-39-36(28-15-7-10-18-34(28)46-39)42-40(43-41)24-11-3-2-4-12-24/h2-20,22-23H,21H2,1H3. The number of para-hydroxylation sites is 2. The lowest BCUT2D eigenvalue weighted by atomic mass is 9.94. The highest BCUT2D eigenvalue weighted by molar-refractivity contribution is 7.26. The molecule has 0 bridgehead atoms. The number of thiophene rings is 1. The Labute approximate surface area is 267 Å². The molecule has 1 aliphatic rings. The number of hydrogen-bond donors (Lipinski definition) is 0. The average Bonchev–Trinajstić information content (AvgIpc) is 3.83. The molecule has 0 amide bonds. The quantitative estimate of drug-likeness (QED) is 0.196. The van der Waals surface area contributed by atoms with Crippen molar-refractivity contribution in [3.05, 3.63) is 127 Å². The largest absolute Gasteiger partial charge is 0.308 e. The number of nitrogens with zero attached hydrogens (tertiary/aromatic N) is 4. The smallest absolute Gasteiger partial charge is 0.162 e. The van der Waals surface area contributed by atoms with E-state index < -0.39 is 0 Å². The van der Waals surface area contributed by atoms with Gasteiger partial charge < -0.3 is 4.40 Å². The molecule has 11 rings (SSSR count). The summed E-state index contributed by atoms with van der Waals surface area (Å²) in [6.45, 7) is 2.32. The Balaban J connectivity index is 1.41. The molecule has 0 N–H and O–H groups in total. The number of hydrogen-bond acceptors (Lipinski definition) is 3. The van der Waals surface area contributed by atoms with Crippen molar-refractivity contribution in [2.75, 3.05) is 0 Å². The van der Waals surface area contributed by atoms with Crippen molar-refractivity contribution in [1.82, 2.24) is 18.9 Å². The third kappa shape index (κ3) is 3.08. The fourth-order valence-corrected chi connectivity index (χ4v) is 9.17. The average molecular weight is 607 g/mol. The van der Waals surface area contributed by atoms with Gasteiger partial charge in [-0.1, -0.05) is 104 Å². The van der Waals surface area contributed by atoms with Gasteiger partial charge in [-0.15, -0.1) is 11.3 Å². The highest BCUT2D eigenvalue weighted by atomic mass is 32.1. The molecule has 4 nitrogen and oxygen atoms in total. The maximum absolute atomic E-state index is 5.49. The predicted molar refractivity (Wildman–Crippen MR) is 194 cm³/mol. The van der Waals surface area contributed by atoms with Crippen LogP contribution in [-0.4, -0.2) is 18.9 Å². The number of fused-ring (bicyclic) bond motifs is 13. The molecule has 1 unspecified atom stereocenters. The molecule has 1 aliphatic carbocycles. The first kappa shape index (κ1) is 24.8. The molecule has 0 saturated heterocycles. The summed E-state index contributed by atoms with van der Waals surface area (Å²) in [4.78, 5) is 10.7. The Morgan fingerprint density at radius 3 is 2.26 bits per heavy atom. The molecular formula is C41H26N4S. The van der Waals surface area contributed by atoms with E-state index in [9.17, 15) is 0 Å². The summed E-state index contributed by atoms with van der Waals surface area (Å²) in [6.07, 6.45) is 5.68. The summed E-state index contributed by atoms with van der Waals surface area (Å²) < 4.78 is 7.36. The van der Waals surface area contributed by atoms with Gasteiger partial charge in [-0.05, 0) is 36.6 Å². The lowest BCUT2D eigenvalue weighted by Gasteiger charge is -2.17. The second-order valence-corrected chi connectivity index (χ2v) is 13.7. The SMILES string of the molecule is CC1C=Cc2c(n(-c3nc(-c4ccccc4)nc4c3sc3ccccc34)c3c2cc2c4ccccc4n4c5ccccc5c3c24)C1. The van der Waals surface area contributed by atoms with Gasteiger partial charge in [-0.3, -0.25) is 4.57 Å². The third-order valence-electron chi connectivity index (χ3n) is 9.99. The lowest BCUT2D eigenvalue weighted by Crippen LogP contribution is -2.10. The first-order valence-electron chi connectivity index (χ1n) is 15.9. The van der Waals surface area contributed by atoms with Crippen LogP contribution < -0.4 is 0 Å². The van der Waals surface area contributed by atoms with Crippen LogP contribution in [-0.2, 0) is 6.42 Å². The van der Waals surface area contributed by atoms with Crippen molar-refractivity contribution >= 4 is 86.7 Å². The fourth-order valence-electron chi connectivity index (χ4n) is 8.05. The van der Waals surface area contributed by atoms with Gasteiger partial charge in [0.1, 0.15) is 0 Å².